The molecular weight excluding hydrogens is 300 g/mol. The lowest BCUT2D eigenvalue weighted by molar-refractivity contribution is 0.0696. The molecular formula is C15H18ClF2NO2. The second kappa shape index (κ2) is 6.28. The lowest BCUT2D eigenvalue weighted by atomic mass is 9.76. The summed E-state index contributed by atoms with van der Waals surface area (Å²) in [6.45, 7) is 1.87. The minimum absolute atomic E-state index is 0.124. The van der Waals surface area contributed by atoms with Gasteiger partial charge in [0.1, 0.15) is 0 Å². The van der Waals surface area contributed by atoms with E-state index in [1.165, 1.54) is 0 Å². The molecule has 1 saturated carbocycles. The van der Waals surface area contributed by atoms with E-state index >= 15 is 0 Å². The highest BCUT2D eigenvalue weighted by atomic mass is 35.5. The molecule has 1 aliphatic carbocycles. The fourth-order valence-corrected chi connectivity index (χ4v) is 3.20. The van der Waals surface area contributed by atoms with E-state index in [0.29, 0.717) is 18.8 Å². The van der Waals surface area contributed by atoms with Crippen molar-refractivity contribution < 1.29 is 18.7 Å². The Hall–Kier alpha value is -1.20. The Balaban J connectivity index is 2.22. The van der Waals surface area contributed by atoms with Gasteiger partial charge in [-0.25, -0.2) is 8.78 Å². The van der Waals surface area contributed by atoms with Crippen molar-refractivity contribution in [3.05, 3.63) is 34.4 Å². The molecule has 3 nitrogen and oxygen atoms in total. The van der Waals surface area contributed by atoms with E-state index in [0.717, 1.165) is 25.0 Å². The predicted octanol–water partition coefficient (Wildman–Crippen LogP) is 3.29. The first-order valence-corrected chi connectivity index (χ1v) is 7.32. The van der Waals surface area contributed by atoms with E-state index in [9.17, 15) is 18.7 Å². The standard InChI is InChI=1S/C15H18ClF2NO2/c1-9-3-2-4-15(7-9,8-20)19-14(21)10-5-12(17)13(18)6-11(10)16/h5-6,9,20H,2-4,7-8H2,1H3,(H,19,21). The van der Waals surface area contributed by atoms with E-state index in [4.69, 9.17) is 11.6 Å². The molecule has 2 rings (SSSR count). The summed E-state index contributed by atoms with van der Waals surface area (Å²) in [6.07, 6.45) is 3.24. The number of carbonyl (C=O) groups is 1. The number of amides is 1. The zero-order valence-corrected chi connectivity index (χ0v) is 12.5. The largest absolute Gasteiger partial charge is 0.394 e. The van der Waals surface area contributed by atoms with E-state index in [1.54, 1.807) is 0 Å². The quantitative estimate of drug-likeness (QED) is 0.840. The summed E-state index contributed by atoms with van der Waals surface area (Å²) in [5, 5.41) is 12.2. The zero-order valence-electron chi connectivity index (χ0n) is 11.8. The van der Waals surface area contributed by atoms with Gasteiger partial charge in [-0.15, -0.1) is 0 Å². The van der Waals surface area contributed by atoms with Gasteiger partial charge in [0.25, 0.3) is 5.91 Å². The predicted molar refractivity (Wildman–Crippen MR) is 76.3 cm³/mol. The molecule has 0 bridgehead atoms. The van der Waals surface area contributed by atoms with Gasteiger partial charge in [0.15, 0.2) is 11.6 Å². The van der Waals surface area contributed by atoms with Gasteiger partial charge in [-0.1, -0.05) is 31.4 Å². The molecule has 6 heteroatoms. The highest BCUT2D eigenvalue weighted by Gasteiger charge is 2.36. The number of aliphatic hydroxyl groups excluding tert-OH is 1. The van der Waals surface area contributed by atoms with E-state index in [1.807, 2.05) is 0 Å². The molecule has 2 atom stereocenters. The Labute approximate surface area is 127 Å². The Kier molecular flexibility index (Phi) is 4.84. The van der Waals surface area contributed by atoms with Crippen LogP contribution in [0.2, 0.25) is 5.02 Å². The maximum atomic E-state index is 13.3. The number of halogens is 3. The van der Waals surface area contributed by atoms with Crippen molar-refractivity contribution in [3.8, 4) is 0 Å². The van der Waals surface area contributed by atoms with Gasteiger partial charge in [-0.3, -0.25) is 4.79 Å². The molecule has 2 unspecified atom stereocenters. The van der Waals surface area contributed by atoms with Crippen LogP contribution < -0.4 is 5.32 Å². The molecule has 1 aromatic carbocycles. The van der Waals surface area contributed by atoms with Crippen molar-refractivity contribution in [2.24, 2.45) is 5.92 Å². The molecule has 0 radical (unpaired) electrons. The second-order valence-corrected chi connectivity index (χ2v) is 6.25. The number of nitrogens with one attached hydrogen (secondary N) is 1. The van der Waals surface area contributed by atoms with Crippen molar-refractivity contribution >= 4 is 17.5 Å². The fourth-order valence-electron chi connectivity index (χ4n) is 2.96. The minimum atomic E-state index is -1.13. The molecule has 116 valence electrons. The highest BCUT2D eigenvalue weighted by Crippen LogP contribution is 2.32. The molecule has 0 aromatic heterocycles. The van der Waals surface area contributed by atoms with Crippen molar-refractivity contribution in [3.63, 3.8) is 0 Å². The van der Waals surface area contributed by atoms with Crippen molar-refractivity contribution in [1.29, 1.82) is 0 Å². The third-order valence-electron chi connectivity index (χ3n) is 4.03. The van der Waals surface area contributed by atoms with Gasteiger partial charge in [0.05, 0.1) is 22.7 Å². The maximum Gasteiger partial charge on any atom is 0.253 e. The van der Waals surface area contributed by atoms with E-state index in [2.05, 4.69) is 12.2 Å². The number of benzene rings is 1. The summed E-state index contributed by atoms with van der Waals surface area (Å²) in [5.41, 5.74) is -0.843. The van der Waals surface area contributed by atoms with Crippen LogP contribution >= 0.6 is 11.6 Å². The summed E-state index contributed by atoms with van der Waals surface area (Å²) >= 11 is 5.80. The molecule has 0 heterocycles. The minimum Gasteiger partial charge on any atom is -0.394 e. The van der Waals surface area contributed by atoms with Crippen LogP contribution in [0.4, 0.5) is 8.78 Å². The SMILES string of the molecule is CC1CCCC(CO)(NC(=O)c2cc(F)c(F)cc2Cl)C1. The van der Waals surface area contributed by atoms with Crippen LogP contribution in [0.15, 0.2) is 12.1 Å². The average molecular weight is 318 g/mol. The summed E-state index contributed by atoms with van der Waals surface area (Å²) in [5.74, 6) is -2.44. The first-order valence-electron chi connectivity index (χ1n) is 6.95. The highest BCUT2D eigenvalue weighted by molar-refractivity contribution is 6.33. The third-order valence-corrected chi connectivity index (χ3v) is 4.34. The monoisotopic (exact) mass is 317 g/mol. The Morgan fingerprint density at radius 1 is 1.48 bits per heavy atom. The summed E-state index contributed by atoms with van der Waals surface area (Å²) in [6, 6.07) is 1.56. The Morgan fingerprint density at radius 3 is 2.76 bits per heavy atom. The lowest BCUT2D eigenvalue weighted by Crippen LogP contribution is -2.53. The average Bonchev–Trinajstić information content (AvgIpc) is 2.42. The first-order chi connectivity index (χ1) is 9.87. The second-order valence-electron chi connectivity index (χ2n) is 5.84. The van der Waals surface area contributed by atoms with Crippen LogP contribution in [0.1, 0.15) is 43.0 Å². The van der Waals surface area contributed by atoms with Gasteiger partial charge in [-0.2, -0.15) is 0 Å². The smallest absolute Gasteiger partial charge is 0.253 e. The van der Waals surface area contributed by atoms with Gasteiger partial charge in [-0.05, 0) is 30.9 Å². The molecule has 0 saturated heterocycles. The van der Waals surface area contributed by atoms with Crippen LogP contribution in [0.3, 0.4) is 0 Å². The third kappa shape index (κ3) is 3.52. The molecule has 0 spiro atoms. The summed E-state index contributed by atoms with van der Waals surface area (Å²) in [7, 11) is 0. The normalized spacial score (nSPS) is 25.7. The molecule has 21 heavy (non-hydrogen) atoms. The van der Waals surface area contributed by atoms with Gasteiger partial charge < -0.3 is 10.4 Å². The van der Waals surface area contributed by atoms with Crippen molar-refractivity contribution in [1.82, 2.24) is 5.32 Å². The van der Waals surface area contributed by atoms with Crippen LogP contribution in [0.25, 0.3) is 0 Å². The zero-order chi connectivity index (χ0) is 15.6. The molecule has 1 aromatic rings. The number of hydrogen-bond acceptors (Lipinski definition) is 2. The fraction of sp³-hybridized carbons (Fsp3) is 0.533. The molecule has 1 amide bonds. The van der Waals surface area contributed by atoms with Gasteiger partial charge in [0.2, 0.25) is 0 Å². The number of rotatable bonds is 3. The van der Waals surface area contributed by atoms with Crippen LogP contribution in [0, 0.1) is 17.6 Å². The Morgan fingerprint density at radius 2 is 2.14 bits per heavy atom. The summed E-state index contributed by atoms with van der Waals surface area (Å²) in [4.78, 5) is 12.3. The van der Waals surface area contributed by atoms with Crippen molar-refractivity contribution in [2.45, 2.75) is 38.1 Å². The van der Waals surface area contributed by atoms with Crippen LogP contribution in [0.5, 0.6) is 0 Å². The number of hydrogen-bond donors (Lipinski definition) is 2. The first kappa shape index (κ1) is 16.2. The van der Waals surface area contributed by atoms with E-state index < -0.39 is 23.1 Å². The van der Waals surface area contributed by atoms with E-state index in [-0.39, 0.29) is 17.2 Å². The molecule has 1 aliphatic rings. The number of carbonyl (C=O) groups excluding carboxylic acids is 1. The lowest BCUT2D eigenvalue weighted by Gasteiger charge is -2.39. The van der Waals surface area contributed by atoms with Gasteiger partial charge >= 0.3 is 0 Å². The van der Waals surface area contributed by atoms with Crippen molar-refractivity contribution in [2.75, 3.05) is 6.61 Å². The van der Waals surface area contributed by atoms with Crippen LogP contribution in [-0.2, 0) is 0 Å². The maximum absolute atomic E-state index is 13.3. The number of aliphatic hydroxyl groups is 1. The summed E-state index contributed by atoms with van der Waals surface area (Å²) < 4.78 is 26.3. The van der Waals surface area contributed by atoms with Gasteiger partial charge in [0, 0.05) is 0 Å². The van der Waals surface area contributed by atoms with Crippen LogP contribution in [-0.4, -0.2) is 23.2 Å². The molecule has 0 aliphatic heterocycles. The molecule has 1 fully saturated rings. The Bertz CT molecular complexity index is 553. The molecule has 2 N–H and O–H groups in total. The topological polar surface area (TPSA) is 49.3 Å².